The van der Waals surface area contributed by atoms with Crippen molar-refractivity contribution in [1.29, 1.82) is 0 Å². The second-order valence-corrected chi connectivity index (χ2v) is 7.47. The van der Waals surface area contributed by atoms with Gasteiger partial charge in [0.2, 0.25) is 0 Å². The predicted molar refractivity (Wildman–Crippen MR) is 102 cm³/mol. The highest BCUT2D eigenvalue weighted by Gasteiger charge is 2.30. The molecule has 0 radical (unpaired) electrons. The lowest BCUT2D eigenvalue weighted by atomic mass is 9.73. The van der Waals surface area contributed by atoms with Crippen molar-refractivity contribution >= 4 is 5.97 Å². The lowest BCUT2D eigenvalue weighted by Crippen LogP contribution is -2.20. The first-order valence-electron chi connectivity index (χ1n) is 9.39. The highest BCUT2D eigenvalue weighted by atomic mass is 16.4. The van der Waals surface area contributed by atoms with E-state index in [1.807, 2.05) is 19.9 Å². The molecule has 4 heteroatoms. The average Bonchev–Trinajstić information content (AvgIpc) is 2.54. The molecule has 0 saturated carbocycles. The van der Waals surface area contributed by atoms with E-state index in [1.54, 1.807) is 0 Å². The third-order valence-corrected chi connectivity index (χ3v) is 5.36. The molecule has 0 spiro atoms. The summed E-state index contributed by atoms with van der Waals surface area (Å²) in [6.45, 7) is 10.0. The number of rotatable bonds is 7. The first kappa shape index (κ1) is 20.1. The van der Waals surface area contributed by atoms with Crippen molar-refractivity contribution in [3.63, 3.8) is 0 Å². The highest BCUT2D eigenvalue weighted by Crippen LogP contribution is 2.47. The van der Waals surface area contributed by atoms with Crippen LogP contribution in [0.4, 0.5) is 0 Å². The Bertz CT molecular complexity index is 730. The molecule has 26 heavy (non-hydrogen) atoms. The summed E-state index contributed by atoms with van der Waals surface area (Å²) in [5, 5.41) is 33.3. The molecule has 142 valence electrons. The molecule has 0 amide bonds. The van der Waals surface area contributed by atoms with Crippen LogP contribution in [0.15, 0.2) is 29.9 Å². The Kier molecular flexibility index (Phi) is 6.52. The summed E-state index contributed by atoms with van der Waals surface area (Å²) in [7, 11) is 0. The largest absolute Gasteiger partial charge is 0.872 e. The number of hydrogen-bond donors (Lipinski definition) is 2. The summed E-state index contributed by atoms with van der Waals surface area (Å²) in [4.78, 5) is 11.8. The van der Waals surface area contributed by atoms with Crippen molar-refractivity contribution in [2.75, 3.05) is 0 Å². The van der Waals surface area contributed by atoms with Gasteiger partial charge in [-0.15, -0.1) is 0 Å². The van der Waals surface area contributed by atoms with Crippen molar-refractivity contribution in [3.8, 4) is 11.5 Å². The molecule has 1 aromatic carbocycles. The van der Waals surface area contributed by atoms with Gasteiger partial charge in [-0.1, -0.05) is 49.3 Å². The Morgan fingerprint density at radius 3 is 2.65 bits per heavy atom. The lowest BCUT2D eigenvalue weighted by Gasteiger charge is -2.34. The molecule has 2 atom stereocenters. The fourth-order valence-electron chi connectivity index (χ4n) is 3.94. The fourth-order valence-corrected chi connectivity index (χ4v) is 3.94. The Hall–Kier alpha value is -2.23. The van der Waals surface area contributed by atoms with Crippen LogP contribution in [0.3, 0.4) is 0 Å². The van der Waals surface area contributed by atoms with Crippen LogP contribution in [-0.4, -0.2) is 16.2 Å². The number of aromatic carboxylic acids is 1. The van der Waals surface area contributed by atoms with Crippen molar-refractivity contribution < 1.29 is 20.1 Å². The molecular formula is C22H29O4-. The van der Waals surface area contributed by atoms with E-state index in [-0.39, 0.29) is 28.7 Å². The molecule has 4 nitrogen and oxygen atoms in total. The molecule has 0 fully saturated rings. The lowest BCUT2D eigenvalue weighted by molar-refractivity contribution is -0.270. The van der Waals surface area contributed by atoms with E-state index in [1.165, 1.54) is 6.07 Å². The Labute approximate surface area is 155 Å². The third kappa shape index (κ3) is 4.12. The predicted octanol–water partition coefficient (Wildman–Crippen LogP) is 4.91. The molecule has 2 rings (SSSR count). The number of phenolic OH excluding ortho intramolecular Hbond substituents is 1. The van der Waals surface area contributed by atoms with E-state index in [0.29, 0.717) is 12.0 Å². The maximum absolute atomic E-state index is 13.1. The SMILES string of the molecule is C=C(C)C1CCC(C)=CC1c1c(O)cc(CCCCC)c(C(=O)O)c1[O-]. The fraction of sp³-hybridized carbons (Fsp3) is 0.500. The number of hydrogen-bond acceptors (Lipinski definition) is 3. The number of carboxylic acids is 1. The Balaban J connectivity index is 2.58. The van der Waals surface area contributed by atoms with Gasteiger partial charge in [0.25, 0.3) is 0 Å². The molecule has 0 saturated heterocycles. The maximum atomic E-state index is 13.1. The first-order valence-corrected chi connectivity index (χ1v) is 9.39. The van der Waals surface area contributed by atoms with Gasteiger partial charge in [-0.25, -0.2) is 4.79 Å². The van der Waals surface area contributed by atoms with Gasteiger partial charge in [0.05, 0.1) is 5.56 Å². The quantitative estimate of drug-likeness (QED) is 0.536. The average molecular weight is 357 g/mol. The summed E-state index contributed by atoms with van der Waals surface area (Å²) in [6.07, 6.45) is 7.00. The smallest absolute Gasteiger partial charge is 0.335 e. The monoisotopic (exact) mass is 357 g/mol. The zero-order chi connectivity index (χ0) is 19.4. The summed E-state index contributed by atoms with van der Waals surface area (Å²) < 4.78 is 0. The van der Waals surface area contributed by atoms with Crippen LogP contribution in [0, 0.1) is 5.92 Å². The number of unbranched alkanes of at least 4 members (excludes halogenated alkanes) is 2. The minimum Gasteiger partial charge on any atom is -0.872 e. The van der Waals surface area contributed by atoms with Crippen LogP contribution < -0.4 is 5.11 Å². The minimum absolute atomic E-state index is 0.0323. The topological polar surface area (TPSA) is 80.6 Å². The summed E-state index contributed by atoms with van der Waals surface area (Å²) >= 11 is 0. The number of benzene rings is 1. The first-order chi connectivity index (χ1) is 12.3. The molecule has 0 bridgehead atoms. The molecule has 0 heterocycles. The molecule has 1 aromatic rings. The van der Waals surface area contributed by atoms with Crippen molar-refractivity contribution in [2.45, 2.75) is 65.2 Å². The van der Waals surface area contributed by atoms with Crippen LogP contribution in [0.25, 0.3) is 0 Å². The van der Waals surface area contributed by atoms with Gasteiger partial charge in [-0.3, -0.25) is 0 Å². The van der Waals surface area contributed by atoms with Gasteiger partial charge in [0, 0.05) is 5.92 Å². The number of phenols is 1. The minimum atomic E-state index is -1.22. The van der Waals surface area contributed by atoms with Crippen LogP contribution in [0.1, 0.15) is 80.3 Å². The molecule has 2 N–H and O–H groups in total. The van der Waals surface area contributed by atoms with Crippen LogP contribution in [-0.2, 0) is 6.42 Å². The number of carbonyl (C=O) groups is 1. The van der Waals surface area contributed by atoms with E-state index in [2.05, 4.69) is 13.5 Å². The normalized spacial score (nSPS) is 19.9. The van der Waals surface area contributed by atoms with Crippen molar-refractivity contribution in [2.24, 2.45) is 5.92 Å². The standard InChI is InChI=1S/C22H30O4/c1-5-6-7-8-15-12-18(23)20(21(24)19(15)22(25)26)17-11-14(4)9-10-16(17)13(2)3/h11-12,16-17,23-24H,2,5-10H2,1,3-4H3,(H,25,26)/p-1. The zero-order valence-electron chi connectivity index (χ0n) is 16.0. The van der Waals surface area contributed by atoms with Crippen molar-refractivity contribution in [1.82, 2.24) is 0 Å². The van der Waals surface area contributed by atoms with Gasteiger partial charge in [0.1, 0.15) is 5.75 Å². The van der Waals surface area contributed by atoms with E-state index in [0.717, 1.165) is 43.3 Å². The molecular weight excluding hydrogens is 328 g/mol. The van der Waals surface area contributed by atoms with Gasteiger partial charge in [-0.2, -0.15) is 0 Å². The highest BCUT2D eigenvalue weighted by molar-refractivity contribution is 5.93. The van der Waals surface area contributed by atoms with Crippen LogP contribution in [0.2, 0.25) is 0 Å². The van der Waals surface area contributed by atoms with Crippen LogP contribution >= 0.6 is 0 Å². The second-order valence-electron chi connectivity index (χ2n) is 7.47. The Morgan fingerprint density at radius 1 is 1.38 bits per heavy atom. The number of aryl methyl sites for hydroxylation is 1. The molecule has 1 aliphatic rings. The third-order valence-electron chi connectivity index (χ3n) is 5.36. The van der Waals surface area contributed by atoms with Gasteiger partial charge < -0.3 is 15.3 Å². The van der Waals surface area contributed by atoms with E-state index < -0.39 is 11.7 Å². The van der Waals surface area contributed by atoms with E-state index >= 15 is 0 Å². The summed E-state index contributed by atoms with van der Waals surface area (Å²) in [5.74, 6) is -2.15. The number of carboxylic acid groups (broad SMARTS) is 1. The van der Waals surface area contributed by atoms with Gasteiger partial charge in [0.15, 0.2) is 0 Å². The summed E-state index contributed by atoms with van der Waals surface area (Å²) in [5.41, 5.74) is 2.54. The number of aromatic hydroxyl groups is 1. The molecule has 0 aromatic heterocycles. The Morgan fingerprint density at radius 2 is 2.08 bits per heavy atom. The maximum Gasteiger partial charge on any atom is 0.335 e. The second kappa shape index (κ2) is 8.43. The van der Waals surface area contributed by atoms with Crippen LogP contribution in [0.5, 0.6) is 11.5 Å². The van der Waals surface area contributed by atoms with Gasteiger partial charge >= 0.3 is 5.97 Å². The van der Waals surface area contributed by atoms with E-state index in [4.69, 9.17) is 0 Å². The number of allylic oxidation sites excluding steroid dienone is 3. The molecule has 0 aliphatic heterocycles. The molecule has 1 aliphatic carbocycles. The van der Waals surface area contributed by atoms with Gasteiger partial charge in [-0.05, 0) is 62.6 Å². The van der Waals surface area contributed by atoms with E-state index in [9.17, 15) is 20.1 Å². The zero-order valence-corrected chi connectivity index (χ0v) is 16.0. The summed E-state index contributed by atoms with van der Waals surface area (Å²) in [6, 6.07) is 1.49. The van der Waals surface area contributed by atoms with Crippen molar-refractivity contribution in [3.05, 3.63) is 46.6 Å². The molecule has 2 unspecified atom stereocenters.